The normalized spacial score (nSPS) is 25.8. The zero-order chi connectivity index (χ0) is 39.7. The van der Waals surface area contributed by atoms with Crippen LogP contribution in [-0.2, 0) is 37.6 Å². The summed E-state index contributed by atoms with van der Waals surface area (Å²) in [6.45, 7) is 18.4. The van der Waals surface area contributed by atoms with Gasteiger partial charge in [0, 0.05) is 38.6 Å². The molecular formula is C45H62O9Si. The van der Waals surface area contributed by atoms with Crippen molar-refractivity contribution in [3.8, 4) is 0 Å². The Morgan fingerprint density at radius 1 is 0.909 bits per heavy atom. The first-order valence-electron chi connectivity index (χ1n) is 19.5. The van der Waals surface area contributed by atoms with Crippen LogP contribution >= 0.6 is 0 Å². The maximum atomic E-state index is 13.7. The van der Waals surface area contributed by atoms with E-state index in [4.69, 9.17) is 37.6 Å². The molecular weight excluding hydrogens is 714 g/mol. The van der Waals surface area contributed by atoms with E-state index in [2.05, 4.69) is 96.7 Å². The lowest BCUT2D eigenvalue weighted by Gasteiger charge is -2.51. The lowest BCUT2D eigenvalue weighted by atomic mass is 9.72. The van der Waals surface area contributed by atoms with E-state index in [9.17, 15) is 4.79 Å². The Morgan fingerprint density at radius 2 is 1.51 bits per heavy atom. The Morgan fingerprint density at radius 3 is 2.05 bits per heavy atom. The van der Waals surface area contributed by atoms with Gasteiger partial charge in [-0.05, 0) is 40.4 Å². The quantitative estimate of drug-likeness (QED) is 0.0329. The fourth-order valence-electron chi connectivity index (χ4n) is 8.41. The van der Waals surface area contributed by atoms with Crippen LogP contribution in [0, 0.1) is 11.3 Å². The molecule has 5 rings (SSSR count). The van der Waals surface area contributed by atoms with Crippen LogP contribution in [-0.4, -0.2) is 91.4 Å². The van der Waals surface area contributed by atoms with Gasteiger partial charge in [-0.15, -0.1) is 6.58 Å². The largest absolute Gasteiger partial charge is 0.458 e. The third-order valence-corrected chi connectivity index (χ3v) is 16.6. The van der Waals surface area contributed by atoms with Crippen LogP contribution in [0.25, 0.3) is 0 Å². The van der Waals surface area contributed by atoms with Gasteiger partial charge >= 0.3 is 5.97 Å². The first kappa shape index (κ1) is 42.9. The Hall–Kier alpha value is -3.19. The summed E-state index contributed by atoms with van der Waals surface area (Å²) in [5.41, 5.74) is -0.249. The molecule has 3 aromatic rings. The zero-order valence-corrected chi connectivity index (χ0v) is 35.0. The van der Waals surface area contributed by atoms with Crippen LogP contribution in [0.4, 0.5) is 0 Å². The summed E-state index contributed by atoms with van der Waals surface area (Å²) in [7, 11) is 0.473. The standard InChI is InChI=1S/C45H62O9Si/c1-10-20-38(48-9)40-41(50-32-49-30-29-47-8)44(6,7)45(54-40)31-39(52-42(46)34-21-14-11-15-22-34)33(2)37(53-45)27-28-51-55(43(3,4)5,35-23-16-12-17-24-35)36-25-18-13-19-26-36/h10-19,21-26,33,37-41H,1,20,27-32H2,2-9H3/t33-,37+,38+,39-,40-,41+,45-/m1/s1/i9+1. The molecule has 0 bridgehead atoms. The number of carbonyl (C=O) groups is 1. The predicted molar refractivity (Wildman–Crippen MR) is 217 cm³/mol. The number of methoxy groups -OCH3 is 2. The molecule has 0 aromatic heterocycles. The zero-order valence-electron chi connectivity index (χ0n) is 34.0. The summed E-state index contributed by atoms with van der Waals surface area (Å²) >= 11 is 0. The van der Waals surface area contributed by atoms with Crippen LogP contribution < -0.4 is 10.4 Å². The first-order valence-corrected chi connectivity index (χ1v) is 21.4. The second-order valence-electron chi connectivity index (χ2n) is 16.3. The lowest BCUT2D eigenvalue weighted by Crippen LogP contribution is -2.66. The molecule has 2 heterocycles. The van der Waals surface area contributed by atoms with Crippen molar-refractivity contribution >= 4 is 24.7 Å². The summed E-state index contributed by atoms with van der Waals surface area (Å²) in [6, 6.07) is 30.4. The molecule has 0 N–H and O–H groups in total. The van der Waals surface area contributed by atoms with E-state index in [1.54, 1.807) is 26.4 Å². The Balaban J connectivity index is 1.50. The molecule has 2 saturated heterocycles. The van der Waals surface area contributed by atoms with E-state index in [0.29, 0.717) is 44.6 Å². The van der Waals surface area contributed by atoms with Gasteiger partial charge in [-0.3, -0.25) is 0 Å². The molecule has 55 heavy (non-hydrogen) atoms. The number of esters is 1. The van der Waals surface area contributed by atoms with E-state index in [-0.39, 0.29) is 29.8 Å². The van der Waals surface area contributed by atoms with Gasteiger partial charge in [0.2, 0.25) is 0 Å². The highest BCUT2D eigenvalue weighted by Gasteiger charge is 2.67. The van der Waals surface area contributed by atoms with Crippen LogP contribution in [0.3, 0.4) is 0 Å². The second-order valence-corrected chi connectivity index (χ2v) is 20.6. The highest BCUT2D eigenvalue weighted by molar-refractivity contribution is 6.99. The van der Waals surface area contributed by atoms with Crippen LogP contribution in [0.15, 0.2) is 104 Å². The summed E-state index contributed by atoms with van der Waals surface area (Å²) in [5.74, 6) is -1.77. The summed E-state index contributed by atoms with van der Waals surface area (Å²) < 4.78 is 51.6. The minimum atomic E-state index is -2.83. The van der Waals surface area contributed by atoms with Gasteiger partial charge in [-0.25, -0.2) is 4.79 Å². The molecule has 2 aliphatic heterocycles. The van der Waals surface area contributed by atoms with Crippen molar-refractivity contribution in [2.24, 2.45) is 11.3 Å². The Bertz CT molecular complexity index is 1590. The molecule has 0 saturated carbocycles. The predicted octanol–water partition coefficient (Wildman–Crippen LogP) is 7.32. The molecule has 10 heteroatoms. The molecule has 0 radical (unpaired) electrons. The molecule has 7 atom stereocenters. The monoisotopic (exact) mass is 775 g/mol. The fourth-order valence-corrected chi connectivity index (χ4v) is 13.0. The lowest BCUT2D eigenvalue weighted by molar-refractivity contribution is -0.335. The van der Waals surface area contributed by atoms with E-state index < -0.39 is 43.9 Å². The average molecular weight is 776 g/mol. The SMILES string of the molecule is C=CC[C@H](O[13CH3])[C@H]1O[C@]2(C[C@@H](OC(=O)c3ccccc3)[C@H](C)[C@H](CCO[Si](c3ccccc3)(c3ccccc3)C(C)(C)C)O2)C(C)(C)[C@H]1OCOCCOC. The molecule has 0 aliphatic carbocycles. The minimum Gasteiger partial charge on any atom is -0.458 e. The Kier molecular flexibility index (Phi) is 14.7. The minimum absolute atomic E-state index is 0.0382. The molecule has 0 unspecified atom stereocenters. The molecule has 300 valence electrons. The van der Waals surface area contributed by atoms with Gasteiger partial charge < -0.3 is 37.6 Å². The van der Waals surface area contributed by atoms with Crippen molar-refractivity contribution in [1.82, 2.24) is 0 Å². The molecule has 0 amide bonds. The van der Waals surface area contributed by atoms with Crippen LogP contribution in [0.1, 0.15) is 71.2 Å². The Labute approximate surface area is 329 Å². The van der Waals surface area contributed by atoms with Gasteiger partial charge in [0.15, 0.2) is 5.79 Å². The van der Waals surface area contributed by atoms with Crippen LogP contribution in [0.2, 0.25) is 5.04 Å². The van der Waals surface area contributed by atoms with E-state index in [0.717, 1.165) is 0 Å². The van der Waals surface area contributed by atoms with E-state index >= 15 is 0 Å². The van der Waals surface area contributed by atoms with Crippen molar-refractivity contribution in [3.05, 3.63) is 109 Å². The maximum Gasteiger partial charge on any atom is 0.338 e. The smallest absolute Gasteiger partial charge is 0.338 e. The maximum absolute atomic E-state index is 13.7. The van der Waals surface area contributed by atoms with E-state index in [1.165, 1.54) is 10.4 Å². The molecule has 2 aliphatic rings. The number of hydrogen-bond donors (Lipinski definition) is 0. The average Bonchev–Trinajstić information content (AvgIpc) is 3.38. The number of ether oxygens (including phenoxy) is 7. The third-order valence-electron chi connectivity index (χ3n) is 11.5. The summed E-state index contributed by atoms with van der Waals surface area (Å²) in [5, 5.41) is 2.23. The summed E-state index contributed by atoms with van der Waals surface area (Å²) in [4.78, 5) is 13.7. The van der Waals surface area contributed by atoms with Crippen molar-refractivity contribution in [3.63, 3.8) is 0 Å². The van der Waals surface area contributed by atoms with Gasteiger partial charge in [0.25, 0.3) is 8.32 Å². The molecule has 9 nitrogen and oxygen atoms in total. The number of benzene rings is 3. The van der Waals surface area contributed by atoms with Crippen molar-refractivity contribution in [1.29, 1.82) is 0 Å². The van der Waals surface area contributed by atoms with Gasteiger partial charge in [0.05, 0.1) is 37.1 Å². The molecule has 2 fully saturated rings. The molecule has 3 aromatic carbocycles. The fraction of sp³-hybridized carbons (Fsp3) is 0.533. The highest BCUT2D eigenvalue weighted by Crippen LogP contribution is 2.56. The number of hydrogen-bond acceptors (Lipinski definition) is 9. The van der Waals surface area contributed by atoms with Crippen molar-refractivity contribution in [2.45, 2.75) is 102 Å². The van der Waals surface area contributed by atoms with Crippen molar-refractivity contribution in [2.75, 3.05) is 40.8 Å². The second kappa shape index (κ2) is 18.8. The van der Waals surface area contributed by atoms with Gasteiger partial charge in [-0.1, -0.05) is 126 Å². The van der Waals surface area contributed by atoms with Crippen molar-refractivity contribution < 1.29 is 42.4 Å². The third kappa shape index (κ3) is 9.18. The number of carbonyl (C=O) groups excluding carboxylic acids is 1. The van der Waals surface area contributed by atoms with E-state index in [1.807, 2.05) is 36.4 Å². The van der Waals surface area contributed by atoms with Gasteiger partial charge in [-0.2, -0.15) is 0 Å². The van der Waals surface area contributed by atoms with Gasteiger partial charge in [0.1, 0.15) is 19.0 Å². The topological polar surface area (TPSA) is 90.9 Å². The van der Waals surface area contributed by atoms with Crippen LogP contribution in [0.5, 0.6) is 0 Å². The summed E-state index contributed by atoms with van der Waals surface area (Å²) in [6.07, 6.45) is 0.890. The highest BCUT2D eigenvalue weighted by atomic mass is 28.4. The molecule has 1 spiro atoms. The number of rotatable bonds is 18. The first-order chi connectivity index (χ1) is 26.3.